The summed E-state index contributed by atoms with van der Waals surface area (Å²) >= 11 is 0. The molecule has 0 aliphatic carbocycles. The van der Waals surface area contributed by atoms with Crippen molar-refractivity contribution >= 4 is 23.5 Å². The van der Waals surface area contributed by atoms with Crippen molar-refractivity contribution in [2.45, 2.75) is 50.9 Å². The Morgan fingerprint density at radius 3 is 2.43 bits per heavy atom. The fraction of sp³-hybridized carbons (Fsp3) is 0.611. The summed E-state index contributed by atoms with van der Waals surface area (Å²) in [5.74, 6) is -2.10. The number of carbonyl (C=O) groups is 2. The van der Waals surface area contributed by atoms with Gasteiger partial charge in [0.15, 0.2) is 5.60 Å². The molecule has 1 saturated heterocycles. The molecule has 1 aromatic rings. The monoisotopic (exact) mass is 431 g/mol. The van der Waals surface area contributed by atoms with E-state index in [1.54, 1.807) is 30.4 Å². The lowest BCUT2D eigenvalue weighted by molar-refractivity contribution is -0.192. The Morgan fingerprint density at radius 2 is 1.90 bits per heavy atom. The Balaban J connectivity index is 0.000000396. The largest absolute Gasteiger partial charge is 0.490 e. The summed E-state index contributed by atoms with van der Waals surface area (Å²) in [5, 5.41) is 11.2. The fourth-order valence-electron chi connectivity index (χ4n) is 3.02. The van der Waals surface area contributed by atoms with Gasteiger partial charge in [0.1, 0.15) is 5.71 Å². The van der Waals surface area contributed by atoms with Crippen LogP contribution in [-0.2, 0) is 14.4 Å². The smallest absolute Gasteiger partial charge is 0.475 e. The maximum atomic E-state index is 12.4. The van der Waals surface area contributed by atoms with E-state index in [1.807, 2.05) is 13.8 Å². The number of carbonyl (C=O) groups excluding carboxylic acids is 1. The van der Waals surface area contributed by atoms with Crippen molar-refractivity contribution in [3.8, 4) is 0 Å². The second-order valence-electron chi connectivity index (χ2n) is 7.38. The van der Waals surface area contributed by atoms with Gasteiger partial charge in [-0.2, -0.15) is 13.2 Å². The SMILES string of the molecule is CC(C)N(C)C(=O)C1=NOC2(CCCN(c3ncccn3)C2)C1.O=C(O)C(F)(F)F. The average Bonchev–Trinajstić information content (AvgIpc) is 3.10. The van der Waals surface area contributed by atoms with E-state index >= 15 is 0 Å². The number of hydrogen-bond acceptors (Lipinski definition) is 7. The molecule has 0 bridgehead atoms. The molecule has 3 rings (SSSR count). The second-order valence-corrected chi connectivity index (χ2v) is 7.38. The highest BCUT2D eigenvalue weighted by atomic mass is 19.4. The van der Waals surface area contributed by atoms with Gasteiger partial charge in [-0.3, -0.25) is 4.79 Å². The predicted octanol–water partition coefficient (Wildman–Crippen LogP) is 2.09. The molecular weight excluding hydrogens is 407 g/mol. The molecule has 30 heavy (non-hydrogen) atoms. The Morgan fingerprint density at radius 1 is 1.30 bits per heavy atom. The lowest BCUT2D eigenvalue weighted by Gasteiger charge is -2.38. The van der Waals surface area contributed by atoms with Crippen LogP contribution in [0.5, 0.6) is 0 Å². The Kier molecular flexibility index (Phi) is 7.21. The summed E-state index contributed by atoms with van der Waals surface area (Å²) < 4.78 is 31.7. The highest BCUT2D eigenvalue weighted by Crippen LogP contribution is 2.34. The van der Waals surface area contributed by atoms with Gasteiger partial charge in [-0.25, -0.2) is 14.8 Å². The number of aliphatic carboxylic acids is 1. The minimum atomic E-state index is -5.08. The Bertz CT molecular complexity index is 788. The summed E-state index contributed by atoms with van der Waals surface area (Å²) in [6, 6.07) is 1.94. The standard InChI is InChI=1S/C16H23N5O2.C2HF3O2/c1-12(2)20(3)14(22)13-10-16(23-19-13)6-4-9-21(11-16)15-17-7-5-8-18-15;3-2(4,5)1(6)7/h5,7-8,12H,4,6,9-11H2,1-3H3;(H,6,7). The molecule has 166 valence electrons. The number of nitrogens with zero attached hydrogens (tertiary/aromatic N) is 5. The van der Waals surface area contributed by atoms with Gasteiger partial charge in [-0.1, -0.05) is 5.16 Å². The van der Waals surface area contributed by atoms with Gasteiger partial charge in [0.05, 0.1) is 6.54 Å². The zero-order chi connectivity index (χ0) is 22.5. The summed E-state index contributed by atoms with van der Waals surface area (Å²) in [7, 11) is 1.80. The first-order valence-electron chi connectivity index (χ1n) is 9.29. The first-order valence-corrected chi connectivity index (χ1v) is 9.29. The van der Waals surface area contributed by atoms with Crippen molar-refractivity contribution in [1.29, 1.82) is 0 Å². The molecule has 0 aromatic carbocycles. The lowest BCUT2D eigenvalue weighted by atomic mass is 9.88. The number of piperidine rings is 1. The van der Waals surface area contributed by atoms with Gasteiger partial charge in [-0.15, -0.1) is 0 Å². The van der Waals surface area contributed by atoms with Crippen LogP contribution >= 0.6 is 0 Å². The molecule has 3 heterocycles. The van der Waals surface area contributed by atoms with E-state index in [-0.39, 0.29) is 11.9 Å². The van der Waals surface area contributed by atoms with Gasteiger partial charge < -0.3 is 19.7 Å². The number of carboxylic acid groups (broad SMARTS) is 1. The highest BCUT2D eigenvalue weighted by Gasteiger charge is 2.45. The molecule has 2 aliphatic rings. The molecule has 1 atom stereocenters. The van der Waals surface area contributed by atoms with E-state index in [1.165, 1.54) is 0 Å². The molecular formula is C18H24F3N5O4. The zero-order valence-corrected chi connectivity index (χ0v) is 16.9. The van der Waals surface area contributed by atoms with Crippen LogP contribution in [-0.4, -0.2) is 75.5 Å². The first kappa shape index (κ1) is 23.4. The number of amides is 1. The van der Waals surface area contributed by atoms with E-state index in [0.717, 1.165) is 19.4 Å². The van der Waals surface area contributed by atoms with Gasteiger partial charge in [0, 0.05) is 38.4 Å². The van der Waals surface area contributed by atoms with E-state index in [4.69, 9.17) is 14.7 Å². The third kappa shape index (κ3) is 5.80. The maximum Gasteiger partial charge on any atom is 0.490 e. The lowest BCUT2D eigenvalue weighted by Crippen LogP contribution is -2.49. The van der Waals surface area contributed by atoms with Crippen molar-refractivity contribution in [2.75, 3.05) is 25.0 Å². The van der Waals surface area contributed by atoms with Crippen LogP contribution in [0.4, 0.5) is 19.1 Å². The molecule has 1 spiro atoms. The third-order valence-electron chi connectivity index (χ3n) is 4.80. The van der Waals surface area contributed by atoms with E-state index in [9.17, 15) is 18.0 Å². The van der Waals surface area contributed by atoms with Gasteiger partial charge in [0.2, 0.25) is 5.95 Å². The quantitative estimate of drug-likeness (QED) is 0.781. The number of halogens is 3. The summed E-state index contributed by atoms with van der Waals surface area (Å²) in [4.78, 5) is 39.5. The summed E-state index contributed by atoms with van der Waals surface area (Å²) in [6.45, 7) is 5.52. The van der Waals surface area contributed by atoms with E-state index in [2.05, 4.69) is 20.0 Å². The minimum absolute atomic E-state index is 0.0510. The van der Waals surface area contributed by atoms with Crippen molar-refractivity contribution in [2.24, 2.45) is 5.16 Å². The second kappa shape index (κ2) is 9.26. The molecule has 0 radical (unpaired) electrons. The predicted molar refractivity (Wildman–Crippen MR) is 101 cm³/mol. The molecule has 1 N–H and O–H groups in total. The van der Waals surface area contributed by atoms with Crippen molar-refractivity contribution in [3.63, 3.8) is 0 Å². The summed E-state index contributed by atoms with van der Waals surface area (Å²) in [5.41, 5.74) is 0.0808. The van der Waals surface area contributed by atoms with Gasteiger partial charge in [-0.05, 0) is 32.8 Å². The molecule has 2 aliphatic heterocycles. The number of rotatable bonds is 3. The van der Waals surface area contributed by atoms with E-state index < -0.39 is 17.7 Å². The number of hydrogen-bond donors (Lipinski definition) is 1. The Hall–Kier alpha value is -2.92. The topological polar surface area (TPSA) is 108 Å². The number of oxime groups is 1. The Labute approximate surface area is 171 Å². The molecule has 1 amide bonds. The van der Waals surface area contributed by atoms with Crippen molar-refractivity contribution < 1.29 is 32.7 Å². The normalized spacial score (nSPS) is 20.9. The molecule has 1 unspecified atom stereocenters. The number of carboxylic acids is 1. The van der Waals surface area contributed by atoms with Crippen LogP contribution in [0.2, 0.25) is 0 Å². The molecule has 1 aromatic heterocycles. The van der Waals surface area contributed by atoms with Crippen LogP contribution in [0.1, 0.15) is 33.1 Å². The van der Waals surface area contributed by atoms with Crippen LogP contribution < -0.4 is 4.90 Å². The van der Waals surface area contributed by atoms with Gasteiger partial charge in [0.25, 0.3) is 5.91 Å². The molecule has 1 fully saturated rings. The fourth-order valence-corrected chi connectivity index (χ4v) is 3.02. The van der Waals surface area contributed by atoms with Crippen molar-refractivity contribution in [3.05, 3.63) is 18.5 Å². The van der Waals surface area contributed by atoms with E-state index in [0.29, 0.717) is 24.6 Å². The number of alkyl halides is 3. The number of anilines is 1. The first-order chi connectivity index (χ1) is 13.9. The number of aromatic nitrogens is 2. The molecule has 12 heteroatoms. The van der Waals surface area contributed by atoms with Crippen LogP contribution in [0.3, 0.4) is 0 Å². The molecule has 9 nitrogen and oxygen atoms in total. The zero-order valence-electron chi connectivity index (χ0n) is 16.9. The molecule has 0 saturated carbocycles. The average molecular weight is 431 g/mol. The maximum absolute atomic E-state index is 12.4. The van der Waals surface area contributed by atoms with Gasteiger partial charge >= 0.3 is 12.1 Å². The van der Waals surface area contributed by atoms with Crippen LogP contribution in [0.15, 0.2) is 23.6 Å². The third-order valence-corrected chi connectivity index (χ3v) is 4.80. The summed E-state index contributed by atoms with van der Waals surface area (Å²) in [6.07, 6.45) is 0.799. The van der Waals surface area contributed by atoms with Crippen LogP contribution in [0.25, 0.3) is 0 Å². The van der Waals surface area contributed by atoms with Crippen LogP contribution in [0, 0.1) is 0 Å². The highest BCUT2D eigenvalue weighted by molar-refractivity contribution is 6.39. The minimum Gasteiger partial charge on any atom is -0.475 e. The van der Waals surface area contributed by atoms with Crippen molar-refractivity contribution in [1.82, 2.24) is 14.9 Å².